The van der Waals surface area contributed by atoms with Crippen LogP contribution in [0.5, 0.6) is 5.88 Å². The molecule has 22 heavy (non-hydrogen) atoms. The van der Waals surface area contributed by atoms with Crippen molar-refractivity contribution in [2.75, 3.05) is 31.7 Å². The third-order valence-electron chi connectivity index (χ3n) is 3.02. The maximum absolute atomic E-state index is 9.28. The lowest BCUT2D eigenvalue weighted by Crippen LogP contribution is -2.11. The van der Waals surface area contributed by atoms with E-state index in [0.29, 0.717) is 5.95 Å². The topological polar surface area (TPSA) is 66.2 Å². The summed E-state index contributed by atoms with van der Waals surface area (Å²) in [6.07, 6.45) is 3.46. The van der Waals surface area contributed by atoms with Gasteiger partial charge in [-0.1, -0.05) is 0 Å². The molecule has 2 N–H and O–H groups in total. The summed E-state index contributed by atoms with van der Waals surface area (Å²) in [6, 6.07) is 4.22. The summed E-state index contributed by atoms with van der Waals surface area (Å²) in [6.45, 7) is 1.73. The lowest BCUT2D eigenvalue weighted by molar-refractivity contribution is 0.402. The number of aromatic nitrogens is 3. The van der Waals surface area contributed by atoms with Crippen LogP contribution in [0.3, 0.4) is 0 Å². The molecule has 0 atom stereocenters. The van der Waals surface area contributed by atoms with Crippen LogP contribution in [0.25, 0.3) is 0 Å². The van der Waals surface area contributed by atoms with Gasteiger partial charge in [-0.2, -0.15) is 16.7 Å². The highest BCUT2D eigenvalue weighted by molar-refractivity contribution is 7.98. The first-order valence-corrected chi connectivity index (χ1v) is 8.32. The second kappa shape index (κ2) is 8.05. The predicted octanol–water partition coefficient (Wildman–Crippen LogP) is 1.93. The second-order valence-corrected chi connectivity index (χ2v) is 6.51. The average Bonchev–Trinajstić information content (AvgIpc) is 2.76. The van der Waals surface area contributed by atoms with Gasteiger partial charge in [-0.3, -0.25) is 4.98 Å². The van der Waals surface area contributed by atoms with E-state index in [4.69, 9.17) is 0 Å². The summed E-state index contributed by atoms with van der Waals surface area (Å²) in [5.41, 5.74) is 2.40. The van der Waals surface area contributed by atoms with Gasteiger partial charge in [-0.15, -0.1) is 0 Å². The van der Waals surface area contributed by atoms with Crippen LogP contribution in [-0.4, -0.2) is 50.9 Å². The van der Waals surface area contributed by atoms with E-state index >= 15 is 0 Å². The van der Waals surface area contributed by atoms with Gasteiger partial charge in [0.1, 0.15) is 0 Å². The van der Waals surface area contributed by atoms with Crippen molar-refractivity contribution in [3.05, 3.63) is 35.8 Å². The van der Waals surface area contributed by atoms with Gasteiger partial charge in [0.05, 0.1) is 11.9 Å². The Morgan fingerprint density at radius 2 is 2.23 bits per heavy atom. The fourth-order valence-corrected chi connectivity index (χ4v) is 2.85. The van der Waals surface area contributed by atoms with Crippen molar-refractivity contribution < 1.29 is 5.11 Å². The molecule has 6 nitrogen and oxygen atoms in total. The lowest BCUT2D eigenvalue weighted by Gasteiger charge is -2.10. The third kappa shape index (κ3) is 5.23. The van der Waals surface area contributed by atoms with Crippen LogP contribution in [0.4, 0.5) is 5.95 Å². The zero-order valence-electron chi connectivity index (χ0n) is 13.3. The first-order chi connectivity index (χ1) is 10.5. The third-order valence-corrected chi connectivity index (χ3v) is 4.02. The smallest absolute Gasteiger partial charge is 0.230 e. The van der Waals surface area contributed by atoms with E-state index in [1.165, 1.54) is 5.56 Å². The molecule has 7 heteroatoms. The molecular formula is C15H23N5OS. The summed E-state index contributed by atoms with van der Waals surface area (Å²) in [5.74, 6) is 2.57. The Morgan fingerprint density at radius 1 is 1.41 bits per heavy atom. The summed E-state index contributed by atoms with van der Waals surface area (Å²) >= 11 is 1.83. The Bertz CT molecular complexity index is 599. The van der Waals surface area contributed by atoms with Gasteiger partial charge in [0.2, 0.25) is 11.8 Å². The zero-order valence-corrected chi connectivity index (χ0v) is 14.1. The molecule has 0 bridgehead atoms. The predicted molar refractivity (Wildman–Crippen MR) is 91.2 cm³/mol. The quantitative estimate of drug-likeness (QED) is 0.724. The number of anilines is 1. The van der Waals surface area contributed by atoms with Crippen molar-refractivity contribution in [2.24, 2.45) is 7.05 Å². The molecule has 0 aromatic carbocycles. The fraction of sp³-hybridized carbons (Fsp3) is 0.467. The monoisotopic (exact) mass is 321 g/mol. The summed E-state index contributed by atoms with van der Waals surface area (Å²) in [5, 5.41) is 12.5. The molecule has 120 valence electrons. The molecule has 0 radical (unpaired) electrons. The SMILES string of the molecule is CN(C)Cc1ccnc(CSCCNc2nc(O)cn2C)c1. The number of aromatic hydroxyl groups is 1. The molecule has 2 rings (SSSR count). The van der Waals surface area contributed by atoms with Gasteiger partial charge in [0.15, 0.2) is 0 Å². The highest BCUT2D eigenvalue weighted by Crippen LogP contribution is 2.14. The number of aryl methyl sites for hydroxylation is 1. The first kappa shape index (κ1) is 16.6. The normalized spacial score (nSPS) is 11.1. The van der Waals surface area contributed by atoms with Crippen LogP contribution in [0, 0.1) is 0 Å². The van der Waals surface area contributed by atoms with Crippen molar-refractivity contribution >= 4 is 17.7 Å². The molecule has 0 saturated heterocycles. The molecule has 0 saturated carbocycles. The van der Waals surface area contributed by atoms with E-state index in [0.717, 1.165) is 30.3 Å². The molecule has 0 aliphatic carbocycles. The summed E-state index contributed by atoms with van der Waals surface area (Å²) in [7, 11) is 5.98. The van der Waals surface area contributed by atoms with Crippen LogP contribution >= 0.6 is 11.8 Å². The fourth-order valence-electron chi connectivity index (χ4n) is 2.10. The first-order valence-electron chi connectivity index (χ1n) is 7.17. The number of nitrogens with zero attached hydrogens (tertiary/aromatic N) is 4. The van der Waals surface area contributed by atoms with Crippen molar-refractivity contribution in [2.45, 2.75) is 12.3 Å². The van der Waals surface area contributed by atoms with Gasteiger partial charge >= 0.3 is 0 Å². The van der Waals surface area contributed by atoms with Crippen molar-refractivity contribution in [1.29, 1.82) is 0 Å². The van der Waals surface area contributed by atoms with E-state index < -0.39 is 0 Å². The molecule has 2 aromatic heterocycles. The van der Waals surface area contributed by atoms with Gasteiger partial charge in [0.25, 0.3) is 0 Å². The highest BCUT2D eigenvalue weighted by atomic mass is 32.2. The molecular weight excluding hydrogens is 298 g/mol. The van der Waals surface area contributed by atoms with Crippen molar-refractivity contribution in [1.82, 2.24) is 19.4 Å². The van der Waals surface area contributed by atoms with Gasteiger partial charge in [0, 0.05) is 37.8 Å². The molecule has 2 aromatic rings. The van der Waals surface area contributed by atoms with Crippen LogP contribution < -0.4 is 5.32 Å². The van der Waals surface area contributed by atoms with E-state index in [9.17, 15) is 5.11 Å². The lowest BCUT2D eigenvalue weighted by atomic mass is 10.2. The van der Waals surface area contributed by atoms with Gasteiger partial charge < -0.3 is 19.9 Å². The molecule has 2 heterocycles. The number of pyridine rings is 1. The second-order valence-electron chi connectivity index (χ2n) is 5.41. The van der Waals surface area contributed by atoms with E-state index in [2.05, 4.69) is 46.4 Å². The average molecular weight is 321 g/mol. The minimum absolute atomic E-state index is 0.0413. The Hall–Kier alpha value is -1.73. The van der Waals surface area contributed by atoms with Crippen LogP contribution in [0.2, 0.25) is 0 Å². The minimum atomic E-state index is 0.0413. The number of thioether (sulfide) groups is 1. The van der Waals surface area contributed by atoms with Crippen molar-refractivity contribution in [3.8, 4) is 5.88 Å². The molecule has 0 aliphatic heterocycles. The maximum atomic E-state index is 9.28. The Balaban J connectivity index is 1.71. The highest BCUT2D eigenvalue weighted by Gasteiger charge is 2.03. The van der Waals surface area contributed by atoms with Crippen LogP contribution in [0.15, 0.2) is 24.5 Å². The zero-order chi connectivity index (χ0) is 15.9. The largest absolute Gasteiger partial charge is 0.492 e. The van der Waals surface area contributed by atoms with Gasteiger partial charge in [-0.05, 0) is 31.8 Å². The Labute approximate surface area is 135 Å². The molecule has 0 fully saturated rings. The molecule has 0 unspecified atom stereocenters. The number of hydrogen-bond donors (Lipinski definition) is 2. The number of rotatable bonds is 8. The molecule has 0 spiro atoms. The van der Waals surface area contributed by atoms with E-state index in [1.807, 2.05) is 25.0 Å². The number of nitrogens with one attached hydrogen (secondary N) is 1. The number of imidazole rings is 1. The summed E-state index contributed by atoms with van der Waals surface area (Å²) in [4.78, 5) is 10.5. The molecule has 0 aliphatic rings. The van der Waals surface area contributed by atoms with E-state index in [-0.39, 0.29) is 5.88 Å². The molecule has 0 amide bonds. The summed E-state index contributed by atoms with van der Waals surface area (Å²) < 4.78 is 1.77. The minimum Gasteiger partial charge on any atom is -0.492 e. The standard InChI is InChI=1S/C15H23N5OS/c1-19(2)9-12-4-5-16-13(8-12)11-22-7-6-17-15-18-14(21)10-20(15)3/h4-5,8,10,21H,6-7,9,11H2,1-3H3,(H,17,18). The number of hydrogen-bond acceptors (Lipinski definition) is 6. The van der Waals surface area contributed by atoms with Crippen LogP contribution in [-0.2, 0) is 19.3 Å². The maximum Gasteiger partial charge on any atom is 0.230 e. The van der Waals surface area contributed by atoms with Crippen molar-refractivity contribution in [3.63, 3.8) is 0 Å². The van der Waals surface area contributed by atoms with Gasteiger partial charge in [-0.25, -0.2) is 0 Å². The Kier molecular flexibility index (Phi) is 6.09. The van der Waals surface area contributed by atoms with Crippen LogP contribution in [0.1, 0.15) is 11.3 Å². The Morgan fingerprint density at radius 3 is 2.91 bits per heavy atom. The van der Waals surface area contributed by atoms with E-state index in [1.54, 1.807) is 10.8 Å².